The summed E-state index contributed by atoms with van der Waals surface area (Å²) in [6.07, 6.45) is 0.587. The van der Waals surface area contributed by atoms with Crippen LogP contribution in [-0.4, -0.2) is 58.8 Å². The van der Waals surface area contributed by atoms with Crippen LogP contribution < -0.4 is 0 Å². The Balaban J connectivity index is 0.000001000. The average Bonchev–Trinajstić information content (AvgIpc) is 2.11. The zero-order valence-electron chi connectivity index (χ0n) is 5.65. The Morgan fingerprint density at radius 2 is 2.09 bits per heavy atom. The molecule has 0 aromatic rings. The summed E-state index contributed by atoms with van der Waals surface area (Å²) < 4.78 is 29.6. The molecule has 3 nitrogen and oxygen atoms in total. The van der Waals surface area contributed by atoms with E-state index in [1.807, 2.05) is 6.92 Å². The SMILES string of the molecule is CC1CC(S(=O)(=O)O)CS1.[NaH]. The second kappa shape index (κ2) is 4.48. The van der Waals surface area contributed by atoms with Gasteiger partial charge in [-0.15, -0.1) is 0 Å². The molecule has 1 N–H and O–H groups in total. The Morgan fingerprint density at radius 3 is 2.27 bits per heavy atom. The Labute approximate surface area is 93.4 Å². The van der Waals surface area contributed by atoms with E-state index in [-0.39, 0.29) is 29.6 Å². The van der Waals surface area contributed by atoms with E-state index in [1.54, 1.807) is 11.8 Å². The summed E-state index contributed by atoms with van der Waals surface area (Å²) in [6, 6.07) is 0. The number of rotatable bonds is 1. The van der Waals surface area contributed by atoms with Crippen molar-refractivity contribution >= 4 is 51.4 Å². The molecule has 6 heteroatoms. The first-order valence-electron chi connectivity index (χ1n) is 3.08. The van der Waals surface area contributed by atoms with Crippen LogP contribution in [0.3, 0.4) is 0 Å². The Morgan fingerprint density at radius 1 is 1.55 bits per heavy atom. The van der Waals surface area contributed by atoms with Gasteiger partial charge in [-0.2, -0.15) is 20.2 Å². The Kier molecular flexibility index (Phi) is 5.00. The molecule has 0 spiro atoms. The maximum absolute atomic E-state index is 10.5. The molecule has 1 saturated heterocycles. The molecule has 0 aromatic heterocycles. The van der Waals surface area contributed by atoms with Crippen LogP contribution in [-0.2, 0) is 10.1 Å². The third kappa shape index (κ3) is 3.65. The predicted octanol–water partition coefficient (Wildman–Crippen LogP) is 0.120. The zero-order valence-corrected chi connectivity index (χ0v) is 7.28. The molecule has 11 heavy (non-hydrogen) atoms. The summed E-state index contributed by atoms with van der Waals surface area (Å²) in [6.45, 7) is 1.97. The van der Waals surface area contributed by atoms with E-state index in [0.29, 0.717) is 17.4 Å². The summed E-state index contributed by atoms with van der Waals surface area (Å²) in [7, 11) is -3.76. The third-order valence-electron chi connectivity index (χ3n) is 1.58. The van der Waals surface area contributed by atoms with Gasteiger partial charge in [-0.05, 0) is 6.42 Å². The zero-order chi connectivity index (χ0) is 7.78. The monoisotopic (exact) mass is 206 g/mol. The quantitative estimate of drug-likeness (QED) is 0.489. The second-order valence-corrected chi connectivity index (χ2v) is 5.68. The van der Waals surface area contributed by atoms with Gasteiger partial charge in [0.1, 0.15) is 0 Å². The van der Waals surface area contributed by atoms with Crippen LogP contribution in [0.2, 0.25) is 0 Å². The van der Waals surface area contributed by atoms with Crippen molar-refractivity contribution in [2.75, 3.05) is 5.75 Å². The van der Waals surface area contributed by atoms with Gasteiger partial charge in [0.2, 0.25) is 0 Å². The van der Waals surface area contributed by atoms with Crippen molar-refractivity contribution in [2.45, 2.75) is 23.8 Å². The molecule has 0 aliphatic carbocycles. The van der Waals surface area contributed by atoms with Gasteiger partial charge in [0, 0.05) is 11.0 Å². The van der Waals surface area contributed by atoms with Crippen LogP contribution in [0, 0.1) is 0 Å². The summed E-state index contributed by atoms with van der Waals surface area (Å²) in [4.78, 5) is 0. The van der Waals surface area contributed by atoms with E-state index in [2.05, 4.69) is 0 Å². The van der Waals surface area contributed by atoms with Gasteiger partial charge in [-0.3, -0.25) is 4.55 Å². The van der Waals surface area contributed by atoms with E-state index in [9.17, 15) is 8.42 Å². The van der Waals surface area contributed by atoms with E-state index in [4.69, 9.17) is 4.55 Å². The topological polar surface area (TPSA) is 54.4 Å². The molecular weight excluding hydrogens is 195 g/mol. The molecule has 62 valence electrons. The second-order valence-electron chi connectivity index (χ2n) is 2.52. The van der Waals surface area contributed by atoms with Crippen LogP contribution in [0.1, 0.15) is 13.3 Å². The molecule has 0 bridgehead atoms. The molecule has 0 radical (unpaired) electrons. The fraction of sp³-hybridized carbons (Fsp3) is 1.00. The van der Waals surface area contributed by atoms with Gasteiger partial charge in [-0.1, -0.05) is 6.92 Å². The Hall–Kier alpha value is 1.26. The normalized spacial score (nSPS) is 31.5. The molecule has 0 amide bonds. The molecule has 1 aliphatic heterocycles. The molecular formula is C5H11NaO3S2. The van der Waals surface area contributed by atoms with E-state index in [1.165, 1.54) is 0 Å². The van der Waals surface area contributed by atoms with Crippen LogP contribution in [0.5, 0.6) is 0 Å². The van der Waals surface area contributed by atoms with Crippen molar-refractivity contribution in [3.05, 3.63) is 0 Å². The molecule has 1 heterocycles. The summed E-state index contributed by atoms with van der Waals surface area (Å²) in [5, 5.41) is -0.153. The van der Waals surface area contributed by atoms with Crippen LogP contribution in [0.25, 0.3) is 0 Å². The van der Waals surface area contributed by atoms with Crippen molar-refractivity contribution in [3.8, 4) is 0 Å². The predicted molar refractivity (Wildman–Crippen MR) is 49.0 cm³/mol. The van der Waals surface area contributed by atoms with Crippen LogP contribution in [0.15, 0.2) is 0 Å². The summed E-state index contributed by atoms with van der Waals surface area (Å²) in [5.74, 6) is 0.542. The molecule has 1 fully saturated rings. The van der Waals surface area contributed by atoms with Gasteiger partial charge >= 0.3 is 29.6 Å². The molecule has 0 saturated carbocycles. The number of hydrogen-bond acceptors (Lipinski definition) is 3. The van der Waals surface area contributed by atoms with E-state index < -0.39 is 15.4 Å². The van der Waals surface area contributed by atoms with Crippen molar-refractivity contribution in [1.29, 1.82) is 0 Å². The van der Waals surface area contributed by atoms with Crippen LogP contribution >= 0.6 is 11.8 Å². The van der Waals surface area contributed by atoms with Gasteiger partial charge < -0.3 is 0 Å². The first-order chi connectivity index (χ1) is 4.50. The molecule has 2 atom stereocenters. The first kappa shape index (κ1) is 12.3. The standard InChI is InChI=1S/C5H10O3S2.Na.H/c1-4-2-5(3-9-4)10(6,7)8;;/h4-5H,2-3H2,1H3,(H,6,7,8);;. The van der Waals surface area contributed by atoms with Crippen molar-refractivity contribution in [2.24, 2.45) is 0 Å². The van der Waals surface area contributed by atoms with Gasteiger partial charge in [0.25, 0.3) is 10.1 Å². The van der Waals surface area contributed by atoms with Gasteiger partial charge in [-0.25, -0.2) is 0 Å². The van der Waals surface area contributed by atoms with E-state index in [0.717, 1.165) is 0 Å². The maximum atomic E-state index is 10.5. The minimum atomic E-state index is -3.76. The third-order valence-corrected chi connectivity index (χ3v) is 4.35. The first-order valence-corrected chi connectivity index (χ1v) is 5.63. The number of thioether (sulfide) groups is 1. The Bertz CT molecular complexity index is 214. The fourth-order valence-corrected chi connectivity index (χ4v) is 3.61. The van der Waals surface area contributed by atoms with Gasteiger partial charge in [0.15, 0.2) is 0 Å². The molecule has 1 rings (SSSR count). The van der Waals surface area contributed by atoms with Crippen LogP contribution in [0.4, 0.5) is 0 Å². The summed E-state index contributed by atoms with van der Waals surface area (Å²) in [5.41, 5.74) is 0. The van der Waals surface area contributed by atoms with Crippen molar-refractivity contribution < 1.29 is 13.0 Å². The van der Waals surface area contributed by atoms with Crippen molar-refractivity contribution in [1.82, 2.24) is 0 Å². The fourth-order valence-electron chi connectivity index (χ4n) is 0.985. The number of hydrogen-bond donors (Lipinski definition) is 1. The van der Waals surface area contributed by atoms with E-state index >= 15 is 0 Å². The van der Waals surface area contributed by atoms with Crippen molar-refractivity contribution in [3.63, 3.8) is 0 Å². The summed E-state index contributed by atoms with van der Waals surface area (Å²) >= 11 is 1.59. The van der Waals surface area contributed by atoms with Gasteiger partial charge in [0.05, 0.1) is 5.25 Å². The molecule has 1 aliphatic rings. The molecule has 2 unspecified atom stereocenters. The molecule has 0 aromatic carbocycles. The average molecular weight is 206 g/mol. The minimum absolute atomic E-state index is 0.